The van der Waals surface area contributed by atoms with Gasteiger partial charge in [0.2, 0.25) is 0 Å². The molecule has 0 aromatic carbocycles. The molecule has 0 radical (unpaired) electrons. The van der Waals surface area contributed by atoms with Crippen molar-refractivity contribution >= 4 is 11.8 Å². The van der Waals surface area contributed by atoms with Crippen LogP contribution in [0.15, 0.2) is 18.3 Å². The van der Waals surface area contributed by atoms with Crippen molar-refractivity contribution in [1.82, 2.24) is 4.98 Å². The Morgan fingerprint density at radius 3 is 2.74 bits per heavy atom. The van der Waals surface area contributed by atoms with Crippen molar-refractivity contribution in [3.05, 3.63) is 23.9 Å². The number of carboxylic acid groups (broad SMARTS) is 1. The van der Waals surface area contributed by atoms with Crippen molar-refractivity contribution in [2.75, 3.05) is 11.9 Å². The quantitative estimate of drug-likeness (QED) is 0.838. The monoisotopic (exact) mass is 276 g/mol. The smallest absolute Gasteiger partial charge is 0.419 e. The molecule has 7 heteroatoms. The second-order valence-electron chi connectivity index (χ2n) is 4.10. The van der Waals surface area contributed by atoms with Crippen LogP contribution in [0.3, 0.4) is 0 Å². The lowest BCUT2D eigenvalue weighted by molar-refractivity contribution is -0.141. The van der Waals surface area contributed by atoms with Gasteiger partial charge in [-0.05, 0) is 18.6 Å². The molecule has 106 valence electrons. The van der Waals surface area contributed by atoms with Crippen LogP contribution in [0, 0.1) is 5.92 Å². The van der Waals surface area contributed by atoms with E-state index in [4.69, 9.17) is 5.11 Å². The minimum absolute atomic E-state index is 0.0801. The molecule has 1 rings (SSSR count). The van der Waals surface area contributed by atoms with Crippen LogP contribution in [-0.4, -0.2) is 22.6 Å². The van der Waals surface area contributed by atoms with E-state index >= 15 is 0 Å². The molecular weight excluding hydrogens is 261 g/mol. The second kappa shape index (κ2) is 6.40. The Hall–Kier alpha value is -1.79. The van der Waals surface area contributed by atoms with Crippen LogP contribution in [0.4, 0.5) is 19.0 Å². The maximum absolute atomic E-state index is 12.7. The van der Waals surface area contributed by atoms with Crippen LogP contribution in [0.2, 0.25) is 0 Å². The molecular formula is C12H15F3N2O2. The molecule has 0 spiro atoms. The van der Waals surface area contributed by atoms with Gasteiger partial charge >= 0.3 is 12.1 Å². The van der Waals surface area contributed by atoms with Gasteiger partial charge in [0.1, 0.15) is 5.82 Å². The Kier molecular flexibility index (Phi) is 5.14. The van der Waals surface area contributed by atoms with E-state index in [0.29, 0.717) is 12.8 Å². The van der Waals surface area contributed by atoms with Crippen molar-refractivity contribution in [1.29, 1.82) is 0 Å². The summed E-state index contributed by atoms with van der Waals surface area (Å²) in [5.41, 5.74) is -0.893. The average Bonchev–Trinajstić information content (AvgIpc) is 2.33. The summed E-state index contributed by atoms with van der Waals surface area (Å²) in [6, 6.07) is 2.10. The van der Waals surface area contributed by atoms with Gasteiger partial charge in [-0.3, -0.25) is 4.79 Å². The molecule has 0 aliphatic heterocycles. The van der Waals surface area contributed by atoms with E-state index in [2.05, 4.69) is 10.3 Å². The van der Waals surface area contributed by atoms with Crippen molar-refractivity contribution in [3.8, 4) is 0 Å². The lowest BCUT2D eigenvalue weighted by Crippen LogP contribution is -2.24. The number of carboxylic acids is 1. The van der Waals surface area contributed by atoms with E-state index in [0.717, 1.165) is 6.07 Å². The molecule has 4 nitrogen and oxygen atoms in total. The molecule has 1 heterocycles. The van der Waals surface area contributed by atoms with Gasteiger partial charge in [0.05, 0.1) is 11.5 Å². The fraction of sp³-hybridized carbons (Fsp3) is 0.500. The van der Waals surface area contributed by atoms with Gasteiger partial charge in [0.25, 0.3) is 0 Å². The number of nitrogens with zero attached hydrogens (tertiary/aromatic N) is 1. The van der Waals surface area contributed by atoms with E-state index in [1.54, 1.807) is 0 Å². The van der Waals surface area contributed by atoms with Crippen LogP contribution < -0.4 is 5.32 Å². The molecule has 1 aromatic rings. The third-order valence-corrected chi connectivity index (χ3v) is 2.62. The van der Waals surface area contributed by atoms with Crippen molar-refractivity contribution in [2.24, 2.45) is 5.92 Å². The molecule has 0 aliphatic rings. The summed E-state index contributed by atoms with van der Waals surface area (Å²) < 4.78 is 38.0. The lowest BCUT2D eigenvalue weighted by Gasteiger charge is -2.16. The highest BCUT2D eigenvalue weighted by molar-refractivity contribution is 5.70. The van der Waals surface area contributed by atoms with Crippen LogP contribution in [0.25, 0.3) is 0 Å². The molecule has 1 aromatic heterocycles. The van der Waals surface area contributed by atoms with E-state index < -0.39 is 23.6 Å². The van der Waals surface area contributed by atoms with E-state index in [1.165, 1.54) is 12.3 Å². The Balaban J connectivity index is 2.80. The predicted molar refractivity (Wildman–Crippen MR) is 63.8 cm³/mol. The first-order chi connectivity index (χ1) is 8.86. The van der Waals surface area contributed by atoms with Gasteiger partial charge in [-0.1, -0.05) is 13.3 Å². The first-order valence-electron chi connectivity index (χ1n) is 5.85. The van der Waals surface area contributed by atoms with Crippen molar-refractivity contribution in [3.63, 3.8) is 0 Å². The maximum Gasteiger partial charge on any atom is 0.419 e. The largest absolute Gasteiger partial charge is 0.481 e. The van der Waals surface area contributed by atoms with E-state index in [9.17, 15) is 18.0 Å². The fourth-order valence-electron chi connectivity index (χ4n) is 1.66. The minimum atomic E-state index is -4.51. The summed E-state index contributed by atoms with van der Waals surface area (Å²) in [6.07, 6.45) is -2.24. The average molecular weight is 276 g/mol. The van der Waals surface area contributed by atoms with Crippen LogP contribution in [0.5, 0.6) is 0 Å². The second-order valence-corrected chi connectivity index (χ2v) is 4.10. The van der Waals surface area contributed by atoms with Crippen LogP contribution in [0.1, 0.15) is 25.3 Å². The first kappa shape index (κ1) is 15.3. The van der Waals surface area contributed by atoms with Gasteiger partial charge in [0.15, 0.2) is 0 Å². The predicted octanol–water partition coefficient (Wildman–Crippen LogP) is 3.01. The number of aromatic nitrogens is 1. The van der Waals surface area contributed by atoms with Gasteiger partial charge in [-0.15, -0.1) is 0 Å². The van der Waals surface area contributed by atoms with Gasteiger partial charge < -0.3 is 10.4 Å². The maximum atomic E-state index is 12.7. The third kappa shape index (κ3) is 4.42. The topological polar surface area (TPSA) is 62.2 Å². The summed E-state index contributed by atoms with van der Waals surface area (Å²) in [6.45, 7) is 1.74. The summed E-state index contributed by atoms with van der Waals surface area (Å²) in [7, 11) is 0. The third-order valence-electron chi connectivity index (χ3n) is 2.62. The Morgan fingerprint density at radius 1 is 1.53 bits per heavy atom. The first-order valence-corrected chi connectivity index (χ1v) is 5.85. The SMILES string of the molecule is CCCC(CNc1ncccc1C(F)(F)F)C(=O)O. The highest BCUT2D eigenvalue weighted by Crippen LogP contribution is 2.33. The van der Waals surface area contributed by atoms with Gasteiger partial charge in [0, 0.05) is 12.7 Å². The number of hydrogen-bond acceptors (Lipinski definition) is 3. The summed E-state index contributed by atoms with van der Waals surface area (Å²) in [4.78, 5) is 14.5. The molecule has 0 saturated carbocycles. The molecule has 0 bridgehead atoms. The lowest BCUT2D eigenvalue weighted by atomic mass is 10.0. The van der Waals surface area contributed by atoms with Crippen molar-refractivity contribution in [2.45, 2.75) is 25.9 Å². The summed E-state index contributed by atoms with van der Waals surface area (Å²) in [5.74, 6) is -2.09. The fourth-order valence-corrected chi connectivity index (χ4v) is 1.66. The molecule has 2 N–H and O–H groups in total. The number of pyridine rings is 1. The highest BCUT2D eigenvalue weighted by Gasteiger charge is 2.34. The molecule has 0 fully saturated rings. The van der Waals surface area contributed by atoms with Crippen LogP contribution in [-0.2, 0) is 11.0 Å². The van der Waals surface area contributed by atoms with Gasteiger partial charge in [-0.25, -0.2) is 4.98 Å². The standard InChI is InChI=1S/C12H15F3N2O2/c1-2-4-8(11(18)19)7-17-10-9(12(13,14)15)5-3-6-16-10/h3,5-6,8H,2,4,7H2,1H3,(H,16,17)(H,18,19). The number of alkyl halides is 3. The molecule has 19 heavy (non-hydrogen) atoms. The van der Waals surface area contributed by atoms with E-state index in [1.807, 2.05) is 6.92 Å². The number of hydrogen-bond donors (Lipinski definition) is 2. The number of anilines is 1. The minimum Gasteiger partial charge on any atom is -0.481 e. The Labute approximate surface area is 108 Å². The highest BCUT2D eigenvalue weighted by atomic mass is 19.4. The molecule has 0 saturated heterocycles. The zero-order chi connectivity index (χ0) is 14.5. The summed E-state index contributed by atoms with van der Waals surface area (Å²) in [5, 5.41) is 11.4. The Morgan fingerprint density at radius 2 is 2.21 bits per heavy atom. The van der Waals surface area contributed by atoms with Gasteiger partial charge in [-0.2, -0.15) is 13.2 Å². The van der Waals surface area contributed by atoms with E-state index in [-0.39, 0.29) is 12.4 Å². The number of aliphatic carboxylic acids is 1. The molecule has 0 aliphatic carbocycles. The number of nitrogens with one attached hydrogen (secondary N) is 1. The van der Waals surface area contributed by atoms with Crippen molar-refractivity contribution < 1.29 is 23.1 Å². The summed E-state index contributed by atoms with van der Waals surface area (Å²) >= 11 is 0. The molecule has 1 unspecified atom stereocenters. The number of rotatable bonds is 6. The Bertz CT molecular complexity index is 435. The van der Waals surface area contributed by atoms with Crippen LogP contribution >= 0.6 is 0 Å². The number of halogens is 3. The zero-order valence-corrected chi connectivity index (χ0v) is 10.4. The normalized spacial score (nSPS) is 13.1. The number of carbonyl (C=O) groups is 1. The molecule has 0 amide bonds. The zero-order valence-electron chi connectivity index (χ0n) is 10.4. The molecule has 1 atom stereocenters.